The van der Waals surface area contributed by atoms with Gasteiger partial charge in [0, 0.05) is 33.9 Å². The second-order valence-corrected chi connectivity index (χ2v) is 9.01. The molecule has 4 rings (SSSR count). The maximum atomic E-state index is 12.8. The van der Waals surface area contributed by atoms with Gasteiger partial charge in [-0.15, -0.1) is 23.1 Å². The molecular formula is C16H13N7O6S3. The van der Waals surface area contributed by atoms with Crippen LogP contribution in [0.15, 0.2) is 34.4 Å². The molecule has 1 saturated heterocycles. The zero-order valence-electron chi connectivity index (χ0n) is 15.7. The van der Waals surface area contributed by atoms with Crippen LogP contribution in [-0.4, -0.2) is 70.4 Å². The number of nitrogens with zero attached hydrogens (tertiary/aromatic N) is 5. The van der Waals surface area contributed by atoms with Crippen molar-refractivity contribution in [2.75, 3.05) is 11.5 Å². The van der Waals surface area contributed by atoms with Crippen molar-refractivity contribution in [3.8, 4) is 0 Å². The summed E-state index contributed by atoms with van der Waals surface area (Å²) in [4.78, 5) is 46.2. The number of aromatic nitrogens is 3. The minimum absolute atomic E-state index is 0.0715. The standard InChI is InChI=1S/C16H13N7O6S3/c17-15-20-10(22-32-15)8(21-28)11(24)19-9-12(25)23-13(29-16(26)27)6(4-30-14(9)23)1-2-7-3-18-5-31-7/h1-3,5,9,14,28H,4H2,(H,19,24)(H,26,27)(H2,17,20,22)/t9?,14-/m0/s1. The fourth-order valence-electron chi connectivity index (χ4n) is 2.92. The van der Waals surface area contributed by atoms with Crippen LogP contribution in [0.1, 0.15) is 10.7 Å². The lowest BCUT2D eigenvalue weighted by Crippen LogP contribution is -2.70. The number of oxime groups is 1. The summed E-state index contributed by atoms with van der Waals surface area (Å²) in [6.45, 7) is 0. The van der Waals surface area contributed by atoms with E-state index in [4.69, 9.17) is 15.6 Å². The van der Waals surface area contributed by atoms with Crippen LogP contribution in [0.25, 0.3) is 6.08 Å². The van der Waals surface area contributed by atoms with Crippen LogP contribution in [0.3, 0.4) is 0 Å². The highest BCUT2D eigenvalue weighted by Gasteiger charge is 2.54. The molecule has 2 atom stereocenters. The number of nitrogens with one attached hydrogen (secondary N) is 1. The fourth-order valence-corrected chi connectivity index (χ4v) is 5.16. The van der Waals surface area contributed by atoms with Gasteiger partial charge in [-0.05, 0) is 6.08 Å². The Morgan fingerprint density at radius 1 is 1.41 bits per heavy atom. The molecule has 1 unspecified atom stereocenters. The Morgan fingerprint density at radius 2 is 2.22 bits per heavy atom. The van der Waals surface area contributed by atoms with Gasteiger partial charge in [-0.1, -0.05) is 11.2 Å². The van der Waals surface area contributed by atoms with Crippen molar-refractivity contribution in [3.63, 3.8) is 0 Å². The van der Waals surface area contributed by atoms with Gasteiger partial charge in [0.25, 0.3) is 11.8 Å². The van der Waals surface area contributed by atoms with Crippen molar-refractivity contribution < 1.29 is 29.4 Å². The Morgan fingerprint density at radius 3 is 2.84 bits per heavy atom. The van der Waals surface area contributed by atoms with Gasteiger partial charge in [0.15, 0.2) is 5.13 Å². The molecule has 0 aromatic carbocycles. The number of rotatable bonds is 6. The Labute approximate surface area is 191 Å². The largest absolute Gasteiger partial charge is 0.512 e. The number of fused-ring (bicyclic) bond motifs is 1. The molecule has 2 amide bonds. The molecule has 2 aliphatic rings. The number of β-lactam (4-membered cyclic amide) rings is 1. The Balaban J connectivity index is 1.53. The van der Waals surface area contributed by atoms with Crippen LogP contribution in [0.2, 0.25) is 0 Å². The normalized spacial score (nSPS) is 20.8. The van der Waals surface area contributed by atoms with E-state index in [-0.39, 0.29) is 16.8 Å². The zero-order chi connectivity index (χ0) is 22.8. The van der Waals surface area contributed by atoms with Gasteiger partial charge < -0.3 is 26.1 Å². The van der Waals surface area contributed by atoms with Gasteiger partial charge in [-0.2, -0.15) is 9.36 Å². The smallest absolute Gasteiger partial charge is 0.449 e. The number of carboxylic acid groups (broad SMARTS) is 1. The van der Waals surface area contributed by atoms with Crippen molar-refractivity contribution >= 4 is 69.5 Å². The molecule has 16 heteroatoms. The molecule has 1 fully saturated rings. The molecular weight excluding hydrogens is 482 g/mol. The number of thiazole rings is 1. The Hall–Kier alpha value is -3.50. The van der Waals surface area contributed by atoms with E-state index < -0.39 is 35.1 Å². The van der Waals surface area contributed by atoms with Crippen molar-refractivity contribution in [2.45, 2.75) is 11.4 Å². The summed E-state index contributed by atoms with van der Waals surface area (Å²) < 4.78 is 8.69. The average molecular weight is 496 g/mol. The molecule has 0 spiro atoms. The summed E-state index contributed by atoms with van der Waals surface area (Å²) in [7, 11) is 0. The van der Waals surface area contributed by atoms with Crippen LogP contribution >= 0.6 is 34.6 Å². The van der Waals surface area contributed by atoms with Gasteiger partial charge in [0.2, 0.25) is 17.4 Å². The number of ether oxygens (including phenoxy) is 1. The number of allylic oxidation sites excluding steroid dienone is 1. The van der Waals surface area contributed by atoms with E-state index in [1.807, 2.05) is 0 Å². The first-order valence-electron chi connectivity index (χ1n) is 8.66. The van der Waals surface area contributed by atoms with Crippen molar-refractivity contribution in [1.29, 1.82) is 0 Å². The number of amides is 2. The highest BCUT2D eigenvalue weighted by atomic mass is 32.2. The van der Waals surface area contributed by atoms with Crippen LogP contribution in [-0.2, 0) is 14.3 Å². The predicted molar refractivity (Wildman–Crippen MR) is 115 cm³/mol. The SMILES string of the molecule is Nc1nc(C(=NO)C(=O)NC2C(=O)N3C(OC(=O)O)=C(C=Cc4cncs4)CS[C@@H]23)ns1. The molecule has 0 bridgehead atoms. The highest BCUT2D eigenvalue weighted by Crippen LogP contribution is 2.41. The van der Waals surface area contributed by atoms with Crippen LogP contribution in [0, 0.1) is 0 Å². The second-order valence-electron chi connectivity index (χ2n) is 6.20. The van der Waals surface area contributed by atoms with Crippen molar-refractivity contribution in [1.82, 2.24) is 24.6 Å². The lowest BCUT2D eigenvalue weighted by atomic mass is 10.1. The topological polar surface area (TPSA) is 193 Å². The van der Waals surface area contributed by atoms with E-state index in [9.17, 15) is 19.6 Å². The van der Waals surface area contributed by atoms with Crippen LogP contribution < -0.4 is 11.1 Å². The van der Waals surface area contributed by atoms with Crippen LogP contribution in [0.4, 0.5) is 9.93 Å². The lowest BCUT2D eigenvalue weighted by Gasteiger charge is -2.48. The minimum Gasteiger partial charge on any atom is -0.449 e. The molecule has 0 saturated carbocycles. The predicted octanol–water partition coefficient (Wildman–Crippen LogP) is 0.775. The first-order valence-corrected chi connectivity index (χ1v) is 11.4. The molecule has 166 valence electrons. The highest BCUT2D eigenvalue weighted by molar-refractivity contribution is 8.00. The number of thioether (sulfide) groups is 1. The number of nitrogens with two attached hydrogens (primary N) is 1. The van der Waals surface area contributed by atoms with E-state index >= 15 is 0 Å². The van der Waals surface area contributed by atoms with E-state index in [0.29, 0.717) is 11.3 Å². The average Bonchev–Trinajstić information content (AvgIpc) is 3.42. The zero-order valence-corrected chi connectivity index (χ0v) is 18.2. The van der Waals surface area contributed by atoms with Gasteiger partial charge in [-0.3, -0.25) is 19.5 Å². The van der Waals surface area contributed by atoms with Crippen molar-refractivity contribution in [2.24, 2.45) is 5.16 Å². The summed E-state index contributed by atoms with van der Waals surface area (Å²) in [5.74, 6) is -1.45. The lowest BCUT2D eigenvalue weighted by molar-refractivity contribution is -0.148. The number of carbonyl (C=O) groups is 3. The van der Waals surface area contributed by atoms with Gasteiger partial charge in [0.05, 0.1) is 5.51 Å². The summed E-state index contributed by atoms with van der Waals surface area (Å²) in [5.41, 5.74) is 7.11. The molecule has 2 aromatic heterocycles. The molecule has 2 aliphatic heterocycles. The third-order valence-corrected chi connectivity index (χ3v) is 6.87. The molecule has 0 aliphatic carbocycles. The van der Waals surface area contributed by atoms with Crippen molar-refractivity contribution in [3.05, 3.63) is 39.9 Å². The molecule has 2 aromatic rings. The Bertz CT molecular complexity index is 1160. The third-order valence-electron chi connectivity index (χ3n) is 4.29. The number of carbonyl (C=O) groups excluding carboxylic acids is 2. The summed E-state index contributed by atoms with van der Waals surface area (Å²) in [5, 5.41) is 23.1. The van der Waals surface area contributed by atoms with E-state index in [2.05, 4.69) is 24.8 Å². The summed E-state index contributed by atoms with van der Waals surface area (Å²) in [6.07, 6.45) is 3.46. The summed E-state index contributed by atoms with van der Waals surface area (Å²) >= 11 is 3.51. The molecule has 0 radical (unpaired) electrons. The van der Waals surface area contributed by atoms with Gasteiger partial charge >= 0.3 is 6.16 Å². The third kappa shape index (κ3) is 4.14. The van der Waals surface area contributed by atoms with Crippen LogP contribution in [0.5, 0.6) is 0 Å². The van der Waals surface area contributed by atoms with E-state index in [1.165, 1.54) is 23.1 Å². The first kappa shape index (κ1) is 21.7. The van der Waals surface area contributed by atoms with E-state index in [1.54, 1.807) is 23.9 Å². The molecule has 32 heavy (non-hydrogen) atoms. The second kappa shape index (κ2) is 8.93. The molecule has 5 N–H and O–H groups in total. The number of anilines is 1. The quantitative estimate of drug-likeness (QED) is 0.145. The fraction of sp³-hybridized carbons (Fsp3) is 0.188. The minimum atomic E-state index is -1.57. The monoisotopic (exact) mass is 495 g/mol. The Kier molecular flexibility index (Phi) is 6.06. The molecule has 13 nitrogen and oxygen atoms in total. The first-order chi connectivity index (χ1) is 15.4. The number of hydrogen-bond acceptors (Lipinski definition) is 13. The van der Waals surface area contributed by atoms with Gasteiger partial charge in [0.1, 0.15) is 11.4 Å². The number of nitrogen functional groups attached to an aromatic ring is 1. The maximum Gasteiger partial charge on any atom is 0.512 e. The summed E-state index contributed by atoms with van der Waals surface area (Å²) in [6, 6.07) is -1.00. The van der Waals surface area contributed by atoms with E-state index in [0.717, 1.165) is 21.3 Å². The van der Waals surface area contributed by atoms with Gasteiger partial charge in [-0.25, -0.2) is 4.79 Å². The molecule has 4 heterocycles. The maximum absolute atomic E-state index is 12.8. The number of hydrogen-bond donors (Lipinski definition) is 4.